The van der Waals surface area contributed by atoms with E-state index in [1.54, 1.807) is 41.2 Å². The minimum atomic E-state index is -0.465. The molecule has 0 aliphatic carbocycles. The highest BCUT2D eigenvalue weighted by molar-refractivity contribution is 6.07. The Morgan fingerprint density at radius 3 is 2.87 bits per heavy atom. The second-order valence-electron chi connectivity index (χ2n) is 7.16. The summed E-state index contributed by atoms with van der Waals surface area (Å²) in [4.78, 5) is 19.5. The Morgan fingerprint density at radius 1 is 1.20 bits per heavy atom. The number of hydrogen-bond acceptors (Lipinski definition) is 6. The number of amides is 1. The van der Waals surface area contributed by atoms with Crippen molar-refractivity contribution in [1.82, 2.24) is 20.1 Å². The first-order valence-corrected chi connectivity index (χ1v) is 9.85. The van der Waals surface area contributed by atoms with Gasteiger partial charge >= 0.3 is 0 Å². The highest BCUT2D eigenvalue weighted by atomic mass is 19.1. The zero-order valence-electron chi connectivity index (χ0n) is 16.7. The quantitative estimate of drug-likeness (QED) is 0.611. The molecule has 4 rings (SSSR count). The zero-order valence-corrected chi connectivity index (χ0v) is 16.7. The van der Waals surface area contributed by atoms with E-state index >= 15 is 0 Å². The lowest BCUT2D eigenvalue weighted by molar-refractivity contribution is 0.102. The van der Waals surface area contributed by atoms with E-state index < -0.39 is 11.7 Å². The molecule has 3 heterocycles. The predicted octanol–water partition coefficient (Wildman–Crippen LogP) is 2.26. The van der Waals surface area contributed by atoms with Crippen molar-refractivity contribution in [3.63, 3.8) is 0 Å². The Morgan fingerprint density at radius 2 is 2.03 bits per heavy atom. The largest absolute Gasteiger partial charge is 0.397 e. The van der Waals surface area contributed by atoms with Crippen LogP contribution in [0.25, 0.3) is 11.3 Å². The second kappa shape index (κ2) is 8.50. The summed E-state index contributed by atoms with van der Waals surface area (Å²) < 4.78 is 15.9. The van der Waals surface area contributed by atoms with Crippen LogP contribution in [-0.2, 0) is 7.05 Å². The topological polar surface area (TPSA) is 101 Å². The molecule has 1 fully saturated rings. The summed E-state index contributed by atoms with van der Waals surface area (Å²) in [5.41, 5.74) is 7.52. The van der Waals surface area contributed by atoms with Gasteiger partial charge in [0.2, 0.25) is 0 Å². The van der Waals surface area contributed by atoms with Gasteiger partial charge in [0.25, 0.3) is 5.91 Å². The number of pyridine rings is 1. The van der Waals surface area contributed by atoms with Crippen molar-refractivity contribution in [3.8, 4) is 11.3 Å². The molecule has 30 heavy (non-hydrogen) atoms. The first-order valence-electron chi connectivity index (χ1n) is 9.85. The van der Waals surface area contributed by atoms with E-state index in [0.717, 1.165) is 38.4 Å². The van der Waals surface area contributed by atoms with E-state index in [1.165, 1.54) is 6.07 Å². The van der Waals surface area contributed by atoms with Gasteiger partial charge in [0.1, 0.15) is 11.5 Å². The van der Waals surface area contributed by atoms with E-state index in [1.807, 2.05) is 7.05 Å². The summed E-state index contributed by atoms with van der Waals surface area (Å²) in [7, 11) is 1.84. The summed E-state index contributed by atoms with van der Waals surface area (Å²) in [6.07, 6.45) is 2.61. The molecule has 1 amide bonds. The summed E-state index contributed by atoms with van der Waals surface area (Å²) in [5, 5.41) is 10.5. The number of rotatable bonds is 4. The highest BCUT2D eigenvalue weighted by Crippen LogP contribution is 2.27. The average molecular weight is 409 g/mol. The molecule has 9 heteroatoms. The minimum absolute atomic E-state index is 0.0445. The Balaban J connectivity index is 1.62. The normalized spacial score (nSPS) is 14.4. The summed E-state index contributed by atoms with van der Waals surface area (Å²) in [6, 6.07) is 9.45. The molecule has 0 unspecified atom stereocenters. The maximum absolute atomic E-state index is 14.2. The number of nitrogens with two attached hydrogens (primary N) is 1. The molecule has 1 aliphatic heterocycles. The van der Waals surface area contributed by atoms with Crippen LogP contribution in [0.1, 0.15) is 16.9 Å². The fourth-order valence-electron chi connectivity index (χ4n) is 3.60. The Bertz CT molecular complexity index is 1060. The van der Waals surface area contributed by atoms with Gasteiger partial charge in [-0.2, -0.15) is 5.10 Å². The number of benzene rings is 1. The van der Waals surface area contributed by atoms with Crippen LogP contribution in [0.3, 0.4) is 0 Å². The average Bonchev–Trinajstić information content (AvgIpc) is 2.93. The minimum Gasteiger partial charge on any atom is -0.397 e. The molecule has 1 aliphatic rings. The van der Waals surface area contributed by atoms with Gasteiger partial charge in [-0.3, -0.25) is 9.48 Å². The molecular weight excluding hydrogens is 385 g/mol. The van der Waals surface area contributed by atoms with Crippen LogP contribution in [0.15, 0.2) is 42.6 Å². The van der Waals surface area contributed by atoms with E-state index in [0.29, 0.717) is 16.9 Å². The fourth-order valence-corrected chi connectivity index (χ4v) is 3.60. The highest BCUT2D eigenvalue weighted by Gasteiger charge is 2.21. The van der Waals surface area contributed by atoms with Crippen LogP contribution in [-0.4, -0.2) is 46.9 Å². The Labute approximate surface area is 173 Å². The Hall–Kier alpha value is -3.46. The van der Waals surface area contributed by atoms with E-state index in [9.17, 15) is 9.18 Å². The molecule has 1 saturated heterocycles. The molecule has 2 aromatic heterocycles. The lowest BCUT2D eigenvalue weighted by Crippen LogP contribution is -2.30. The van der Waals surface area contributed by atoms with Crippen LogP contribution in [0, 0.1) is 5.82 Å². The van der Waals surface area contributed by atoms with Gasteiger partial charge in [-0.15, -0.1) is 0 Å². The van der Waals surface area contributed by atoms with Gasteiger partial charge in [-0.25, -0.2) is 9.37 Å². The van der Waals surface area contributed by atoms with Crippen molar-refractivity contribution >= 4 is 23.1 Å². The van der Waals surface area contributed by atoms with Gasteiger partial charge < -0.3 is 21.3 Å². The smallest absolute Gasteiger partial charge is 0.276 e. The number of aromatic nitrogens is 3. The third-order valence-electron chi connectivity index (χ3n) is 5.09. The van der Waals surface area contributed by atoms with Crippen LogP contribution in [0.2, 0.25) is 0 Å². The monoisotopic (exact) mass is 409 g/mol. The van der Waals surface area contributed by atoms with Crippen molar-refractivity contribution in [2.45, 2.75) is 6.42 Å². The van der Waals surface area contributed by atoms with E-state index in [-0.39, 0.29) is 11.4 Å². The number of nitrogen functional groups attached to an aromatic ring is 1. The molecule has 0 saturated carbocycles. The maximum Gasteiger partial charge on any atom is 0.276 e. The van der Waals surface area contributed by atoms with Crippen molar-refractivity contribution in [3.05, 3.63) is 54.1 Å². The fraction of sp³-hybridized carbons (Fsp3) is 0.286. The maximum atomic E-state index is 14.2. The molecule has 0 atom stereocenters. The molecule has 0 radical (unpaired) electrons. The molecule has 3 aromatic rings. The number of nitrogens with zero attached hydrogens (tertiary/aromatic N) is 4. The molecule has 4 N–H and O–H groups in total. The first-order chi connectivity index (χ1) is 14.5. The number of aryl methyl sites for hydroxylation is 1. The summed E-state index contributed by atoms with van der Waals surface area (Å²) in [5.74, 6) is -0.0470. The summed E-state index contributed by atoms with van der Waals surface area (Å²) in [6.45, 7) is 3.49. The molecular formula is C21H24FN7O. The predicted molar refractivity (Wildman–Crippen MR) is 115 cm³/mol. The van der Waals surface area contributed by atoms with Gasteiger partial charge in [0.15, 0.2) is 11.5 Å². The lowest BCUT2D eigenvalue weighted by atomic mass is 10.1. The van der Waals surface area contributed by atoms with E-state index in [2.05, 4.69) is 25.6 Å². The van der Waals surface area contributed by atoms with Gasteiger partial charge in [0, 0.05) is 32.2 Å². The van der Waals surface area contributed by atoms with Crippen LogP contribution in [0.4, 0.5) is 21.6 Å². The van der Waals surface area contributed by atoms with Gasteiger partial charge in [-0.1, -0.05) is 12.1 Å². The van der Waals surface area contributed by atoms with Gasteiger partial charge in [-0.05, 0) is 37.2 Å². The number of carbonyl (C=O) groups excluding carboxylic acids is 1. The van der Waals surface area contributed by atoms with Crippen molar-refractivity contribution < 1.29 is 9.18 Å². The lowest BCUT2D eigenvalue weighted by Gasteiger charge is -2.23. The Kier molecular flexibility index (Phi) is 5.62. The zero-order chi connectivity index (χ0) is 21.1. The molecule has 0 spiro atoms. The number of halogens is 1. The van der Waals surface area contributed by atoms with Crippen LogP contribution >= 0.6 is 0 Å². The SMILES string of the molecule is Cn1ncc(NC(=O)c2nc(-c3ccccc3F)ccc2N)c1N1CCCNCC1. The van der Waals surface area contributed by atoms with Crippen molar-refractivity contribution in [2.75, 3.05) is 42.1 Å². The van der Waals surface area contributed by atoms with Crippen LogP contribution < -0.4 is 21.3 Å². The van der Waals surface area contributed by atoms with Crippen molar-refractivity contribution in [2.24, 2.45) is 7.05 Å². The number of carbonyl (C=O) groups is 1. The van der Waals surface area contributed by atoms with Crippen molar-refractivity contribution in [1.29, 1.82) is 0 Å². The molecule has 156 valence electrons. The molecule has 1 aromatic carbocycles. The second-order valence-corrected chi connectivity index (χ2v) is 7.16. The third kappa shape index (κ3) is 3.97. The molecule has 0 bridgehead atoms. The number of anilines is 3. The van der Waals surface area contributed by atoms with Crippen LogP contribution in [0.5, 0.6) is 0 Å². The molecule has 8 nitrogen and oxygen atoms in total. The van der Waals surface area contributed by atoms with E-state index in [4.69, 9.17) is 5.73 Å². The van der Waals surface area contributed by atoms with Gasteiger partial charge in [0.05, 0.1) is 17.6 Å². The summed E-state index contributed by atoms with van der Waals surface area (Å²) >= 11 is 0. The number of nitrogens with one attached hydrogen (secondary N) is 2. The standard InChI is InChI=1S/C21H24FN7O/c1-28-21(29-11-4-9-24-10-12-29)18(13-25-28)27-20(30)19-16(23)7-8-17(26-19)14-5-2-3-6-15(14)22/h2-3,5-8,13,24H,4,9-12,23H2,1H3,(H,27,30). The third-order valence-corrected chi connectivity index (χ3v) is 5.09. The first kappa shape index (κ1) is 19.8. The number of hydrogen-bond donors (Lipinski definition) is 3.